The third kappa shape index (κ3) is 10.5. The third-order valence-corrected chi connectivity index (χ3v) is 5.18. The highest BCUT2D eigenvalue weighted by Crippen LogP contribution is 2.18. The standard InChI is InChI=1S/C21H40O5/c1-2-3-4-5-6-7-8-9-10-11-12-13-14-15-20(23)26-19-17-25-18(16-22)21(19)24/h18-19,21-22,24H,2-17H2,1H3/t18-,19+,21-/m1/s1. The maximum atomic E-state index is 11.8. The van der Waals surface area contributed by atoms with E-state index in [1.807, 2.05) is 0 Å². The van der Waals surface area contributed by atoms with Gasteiger partial charge in [0.2, 0.25) is 0 Å². The second-order valence-electron chi connectivity index (χ2n) is 7.57. The highest BCUT2D eigenvalue weighted by atomic mass is 16.6. The fourth-order valence-corrected chi connectivity index (χ4v) is 3.43. The SMILES string of the molecule is CCCCCCCCCCCCCCCC(=O)O[C@H]1CO[C@H](CO)[C@H]1O. The Morgan fingerprint density at radius 3 is 1.88 bits per heavy atom. The maximum Gasteiger partial charge on any atom is 0.306 e. The minimum Gasteiger partial charge on any atom is -0.457 e. The Bertz CT molecular complexity index is 347. The third-order valence-electron chi connectivity index (χ3n) is 5.18. The van der Waals surface area contributed by atoms with Crippen LogP contribution in [0.15, 0.2) is 0 Å². The number of aliphatic hydroxyl groups is 2. The van der Waals surface area contributed by atoms with Crippen LogP contribution < -0.4 is 0 Å². The number of aliphatic hydroxyl groups excluding tert-OH is 2. The van der Waals surface area contributed by atoms with Crippen LogP contribution in [0.5, 0.6) is 0 Å². The summed E-state index contributed by atoms with van der Waals surface area (Å²) in [6.45, 7) is 2.16. The van der Waals surface area contributed by atoms with Crippen molar-refractivity contribution >= 4 is 5.97 Å². The van der Waals surface area contributed by atoms with E-state index in [9.17, 15) is 9.90 Å². The zero-order valence-electron chi connectivity index (χ0n) is 16.7. The number of hydrogen-bond donors (Lipinski definition) is 2. The smallest absolute Gasteiger partial charge is 0.306 e. The van der Waals surface area contributed by atoms with E-state index in [4.69, 9.17) is 14.6 Å². The minimum absolute atomic E-state index is 0.163. The largest absolute Gasteiger partial charge is 0.457 e. The first-order chi connectivity index (χ1) is 12.7. The molecule has 0 aromatic heterocycles. The molecule has 1 aliphatic rings. The summed E-state index contributed by atoms with van der Waals surface area (Å²) >= 11 is 0. The van der Waals surface area contributed by atoms with E-state index in [0.29, 0.717) is 6.42 Å². The van der Waals surface area contributed by atoms with Crippen molar-refractivity contribution in [2.45, 2.75) is 115 Å². The van der Waals surface area contributed by atoms with Gasteiger partial charge < -0.3 is 19.7 Å². The van der Waals surface area contributed by atoms with Gasteiger partial charge in [0.25, 0.3) is 0 Å². The van der Waals surface area contributed by atoms with Crippen molar-refractivity contribution in [1.82, 2.24) is 0 Å². The molecule has 1 saturated heterocycles. The van der Waals surface area contributed by atoms with Gasteiger partial charge in [0.15, 0.2) is 6.10 Å². The fourth-order valence-electron chi connectivity index (χ4n) is 3.43. The number of carbonyl (C=O) groups is 1. The summed E-state index contributed by atoms with van der Waals surface area (Å²) in [5.41, 5.74) is 0. The minimum atomic E-state index is -0.921. The van der Waals surface area contributed by atoms with Crippen LogP contribution in [0.4, 0.5) is 0 Å². The number of rotatable bonds is 16. The summed E-state index contributed by atoms with van der Waals surface area (Å²) in [6.07, 6.45) is 14.8. The summed E-state index contributed by atoms with van der Waals surface area (Å²) < 4.78 is 10.4. The highest BCUT2D eigenvalue weighted by Gasteiger charge is 2.37. The lowest BCUT2D eigenvalue weighted by atomic mass is 10.0. The van der Waals surface area contributed by atoms with Crippen molar-refractivity contribution in [3.63, 3.8) is 0 Å². The molecule has 1 aliphatic heterocycles. The lowest BCUT2D eigenvalue weighted by Crippen LogP contribution is -2.35. The highest BCUT2D eigenvalue weighted by molar-refractivity contribution is 5.69. The first kappa shape index (κ1) is 23.4. The summed E-state index contributed by atoms with van der Waals surface area (Å²) in [5.74, 6) is -0.278. The Balaban J connectivity index is 1.85. The Hall–Kier alpha value is -0.650. The van der Waals surface area contributed by atoms with Crippen LogP contribution in [0.3, 0.4) is 0 Å². The summed E-state index contributed by atoms with van der Waals surface area (Å²) in [4.78, 5) is 11.8. The van der Waals surface area contributed by atoms with Gasteiger partial charge in [-0.05, 0) is 6.42 Å². The molecule has 0 radical (unpaired) electrons. The zero-order chi connectivity index (χ0) is 19.0. The van der Waals surface area contributed by atoms with E-state index in [0.717, 1.165) is 12.8 Å². The molecular formula is C21H40O5. The molecule has 3 atom stereocenters. The Labute approximate surface area is 159 Å². The van der Waals surface area contributed by atoms with Crippen LogP contribution in [-0.2, 0) is 14.3 Å². The molecule has 5 nitrogen and oxygen atoms in total. The van der Waals surface area contributed by atoms with E-state index in [1.165, 1.54) is 70.6 Å². The predicted molar refractivity (Wildman–Crippen MR) is 103 cm³/mol. The number of ether oxygens (including phenoxy) is 2. The Kier molecular flexibility index (Phi) is 13.9. The van der Waals surface area contributed by atoms with Gasteiger partial charge in [0.05, 0.1) is 13.2 Å². The molecule has 0 saturated carbocycles. The van der Waals surface area contributed by atoms with Gasteiger partial charge >= 0.3 is 5.97 Å². The molecular weight excluding hydrogens is 332 g/mol. The second kappa shape index (κ2) is 15.4. The molecule has 0 aliphatic carbocycles. The molecule has 0 spiro atoms. The van der Waals surface area contributed by atoms with Crippen molar-refractivity contribution in [1.29, 1.82) is 0 Å². The van der Waals surface area contributed by atoms with E-state index in [1.54, 1.807) is 0 Å². The first-order valence-electron chi connectivity index (χ1n) is 10.8. The van der Waals surface area contributed by atoms with Crippen LogP contribution in [0.25, 0.3) is 0 Å². The summed E-state index contributed by atoms with van der Waals surface area (Å²) in [5, 5.41) is 18.8. The number of carbonyl (C=O) groups excluding carboxylic acids is 1. The van der Waals surface area contributed by atoms with E-state index < -0.39 is 18.3 Å². The van der Waals surface area contributed by atoms with Gasteiger partial charge in [0, 0.05) is 6.42 Å². The molecule has 2 N–H and O–H groups in total. The lowest BCUT2D eigenvalue weighted by Gasteiger charge is -2.16. The fraction of sp³-hybridized carbons (Fsp3) is 0.952. The second-order valence-corrected chi connectivity index (χ2v) is 7.57. The normalized spacial score (nSPS) is 22.7. The van der Waals surface area contributed by atoms with Crippen molar-refractivity contribution < 1.29 is 24.5 Å². The predicted octanol–water partition coefficient (Wildman–Crippen LogP) is 4.13. The average Bonchev–Trinajstić information content (AvgIpc) is 2.98. The Morgan fingerprint density at radius 1 is 0.923 bits per heavy atom. The quantitative estimate of drug-likeness (QED) is 0.315. The molecule has 0 bridgehead atoms. The summed E-state index contributed by atoms with van der Waals surface area (Å²) in [6, 6.07) is 0. The van der Waals surface area contributed by atoms with Crippen molar-refractivity contribution in [2.24, 2.45) is 0 Å². The number of unbranched alkanes of at least 4 members (excludes halogenated alkanes) is 12. The van der Waals surface area contributed by atoms with Crippen LogP contribution in [-0.4, -0.2) is 47.7 Å². The molecule has 0 aromatic carbocycles. The van der Waals surface area contributed by atoms with Gasteiger partial charge in [-0.1, -0.05) is 84.0 Å². The molecule has 0 aromatic rings. The van der Waals surface area contributed by atoms with Crippen molar-refractivity contribution in [3.05, 3.63) is 0 Å². The number of hydrogen-bond acceptors (Lipinski definition) is 5. The molecule has 1 rings (SSSR count). The molecule has 0 amide bonds. The van der Waals surface area contributed by atoms with Crippen LogP contribution in [0.2, 0.25) is 0 Å². The van der Waals surface area contributed by atoms with Gasteiger partial charge in [-0.15, -0.1) is 0 Å². The van der Waals surface area contributed by atoms with Crippen molar-refractivity contribution in [2.75, 3.05) is 13.2 Å². The van der Waals surface area contributed by atoms with Crippen LogP contribution in [0.1, 0.15) is 96.8 Å². The zero-order valence-corrected chi connectivity index (χ0v) is 16.7. The molecule has 26 heavy (non-hydrogen) atoms. The Morgan fingerprint density at radius 2 is 1.42 bits per heavy atom. The van der Waals surface area contributed by atoms with Crippen LogP contribution >= 0.6 is 0 Å². The average molecular weight is 373 g/mol. The molecule has 1 fully saturated rings. The lowest BCUT2D eigenvalue weighted by molar-refractivity contribution is -0.153. The van der Waals surface area contributed by atoms with Gasteiger partial charge in [0.1, 0.15) is 12.2 Å². The van der Waals surface area contributed by atoms with Gasteiger partial charge in [-0.3, -0.25) is 4.79 Å². The van der Waals surface area contributed by atoms with E-state index >= 15 is 0 Å². The number of esters is 1. The van der Waals surface area contributed by atoms with Gasteiger partial charge in [-0.25, -0.2) is 0 Å². The van der Waals surface area contributed by atoms with Crippen LogP contribution in [0, 0.1) is 0 Å². The molecule has 1 heterocycles. The van der Waals surface area contributed by atoms with Gasteiger partial charge in [-0.2, -0.15) is 0 Å². The molecule has 0 unspecified atom stereocenters. The first-order valence-corrected chi connectivity index (χ1v) is 10.8. The molecule has 154 valence electrons. The maximum absolute atomic E-state index is 11.8. The topological polar surface area (TPSA) is 76.0 Å². The van der Waals surface area contributed by atoms with E-state index in [-0.39, 0.29) is 19.2 Å². The molecule has 5 heteroatoms. The summed E-state index contributed by atoms with van der Waals surface area (Å²) in [7, 11) is 0. The van der Waals surface area contributed by atoms with E-state index in [2.05, 4.69) is 6.92 Å². The van der Waals surface area contributed by atoms with Crippen molar-refractivity contribution in [3.8, 4) is 0 Å². The monoisotopic (exact) mass is 372 g/mol.